The maximum absolute atomic E-state index is 9.87. The first kappa shape index (κ1) is 12.0. The first-order valence-corrected chi connectivity index (χ1v) is 7.34. The Bertz CT molecular complexity index is 425. The molecule has 0 heterocycles. The average molecular weight is 245 g/mol. The zero-order chi connectivity index (χ0) is 12.5. The van der Waals surface area contributed by atoms with E-state index >= 15 is 0 Å². The number of rotatable bonds is 5. The molecule has 1 aromatic carbocycles. The number of hydrogen-bond acceptors (Lipinski definition) is 2. The molecule has 2 heteroatoms. The van der Waals surface area contributed by atoms with Crippen molar-refractivity contribution in [2.45, 2.75) is 57.5 Å². The molecule has 0 spiro atoms. The minimum atomic E-state index is 0.454. The monoisotopic (exact) mass is 245 g/mol. The molecule has 3 rings (SSSR count). The lowest BCUT2D eigenvalue weighted by molar-refractivity contribution is 0.388. The molecule has 0 aliphatic heterocycles. The van der Waals surface area contributed by atoms with Gasteiger partial charge in [-0.15, -0.1) is 0 Å². The first-order valence-electron chi connectivity index (χ1n) is 7.34. The van der Waals surface area contributed by atoms with Gasteiger partial charge in [0.15, 0.2) is 0 Å². The van der Waals surface area contributed by atoms with Crippen LogP contribution in [0, 0.1) is 5.92 Å². The van der Waals surface area contributed by atoms with E-state index in [0.29, 0.717) is 17.8 Å². The summed E-state index contributed by atoms with van der Waals surface area (Å²) in [6.07, 6.45) is 7.55. The first-order chi connectivity index (χ1) is 8.78. The van der Waals surface area contributed by atoms with Crippen LogP contribution in [0.3, 0.4) is 0 Å². The number of phenolic OH excluding ortho intramolecular Hbond substituents is 1. The SMILES string of the molecule is CCC(CC1CC1)NC1CCc2c(O)cccc21. The molecular weight excluding hydrogens is 222 g/mol. The highest BCUT2D eigenvalue weighted by Gasteiger charge is 2.29. The highest BCUT2D eigenvalue weighted by atomic mass is 16.3. The summed E-state index contributed by atoms with van der Waals surface area (Å²) >= 11 is 0. The lowest BCUT2D eigenvalue weighted by Crippen LogP contribution is -2.31. The van der Waals surface area contributed by atoms with Gasteiger partial charge >= 0.3 is 0 Å². The van der Waals surface area contributed by atoms with Crippen LogP contribution in [0.5, 0.6) is 5.75 Å². The van der Waals surface area contributed by atoms with Gasteiger partial charge in [-0.05, 0) is 48.8 Å². The summed E-state index contributed by atoms with van der Waals surface area (Å²) in [6, 6.07) is 7.05. The minimum Gasteiger partial charge on any atom is -0.508 e. The summed E-state index contributed by atoms with van der Waals surface area (Å²) in [6.45, 7) is 2.28. The van der Waals surface area contributed by atoms with Crippen LogP contribution in [0.4, 0.5) is 0 Å². The smallest absolute Gasteiger partial charge is 0.119 e. The summed E-state index contributed by atoms with van der Waals surface area (Å²) in [5.41, 5.74) is 2.49. The topological polar surface area (TPSA) is 32.3 Å². The zero-order valence-corrected chi connectivity index (χ0v) is 11.2. The number of fused-ring (bicyclic) bond motifs is 1. The van der Waals surface area contributed by atoms with E-state index in [4.69, 9.17) is 0 Å². The van der Waals surface area contributed by atoms with Crippen LogP contribution in [-0.2, 0) is 6.42 Å². The van der Waals surface area contributed by atoms with Crippen LogP contribution in [0.15, 0.2) is 18.2 Å². The van der Waals surface area contributed by atoms with Crippen molar-refractivity contribution in [3.05, 3.63) is 29.3 Å². The predicted octanol–water partition coefficient (Wildman–Crippen LogP) is 3.55. The molecule has 98 valence electrons. The summed E-state index contributed by atoms with van der Waals surface area (Å²) in [4.78, 5) is 0. The van der Waals surface area contributed by atoms with Crippen molar-refractivity contribution in [1.29, 1.82) is 0 Å². The third-order valence-electron chi connectivity index (χ3n) is 4.49. The Balaban J connectivity index is 1.69. The van der Waals surface area contributed by atoms with E-state index in [1.54, 1.807) is 0 Å². The third kappa shape index (κ3) is 2.39. The van der Waals surface area contributed by atoms with Gasteiger partial charge in [0.25, 0.3) is 0 Å². The summed E-state index contributed by atoms with van der Waals surface area (Å²) in [5, 5.41) is 13.7. The fraction of sp³-hybridized carbons (Fsp3) is 0.625. The largest absolute Gasteiger partial charge is 0.508 e. The van der Waals surface area contributed by atoms with Crippen LogP contribution >= 0.6 is 0 Å². The summed E-state index contributed by atoms with van der Waals surface area (Å²) in [5.74, 6) is 1.46. The van der Waals surface area contributed by atoms with Crippen LogP contribution < -0.4 is 5.32 Å². The second-order valence-electron chi connectivity index (χ2n) is 5.89. The Morgan fingerprint density at radius 1 is 1.33 bits per heavy atom. The molecular formula is C16H23NO. The fourth-order valence-corrected chi connectivity index (χ4v) is 3.20. The van der Waals surface area contributed by atoms with E-state index in [2.05, 4.69) is 18.3 Å². The normalized spacial score (nSPS) is 23.9. The van der Waals surface area contributed by atoms with E-state index in [1.165, 1.54) is 31.2 Å². The second kappa shape index (κ2) is 4.93. The molecule has 2 atom stereocenters. The fourth-order valence-electron chi connectivity index (χ4n) is 3.20. The standard InChI is InChI=1S/C16H23NO/c1-2-12(10-11-6-7-11)17-15-9-8-14-13(15)4-3-5-16(14)18/h3-5,11-12,15,17-18H,2,6-10H2,1H3. The number of hydrogen-bond donors (Lipinski definition) is 2. The van der Waals surface area contributed by atoms with Crippen molar-refractivity contribution in [3.8, 4) is 5.75 Å². The molecule has 0 bridgehead atoms. The van der Waals surface area contributed by atoms with Crippen LogP contribution in [-0.4, -0.2) is 11.1 Å². The molecule has 2 nitrogen and oxygen atoms in total. The van der Waals surface area contributed by atoms with Crippen LogP contribution in [0.2, 0.25) is 0 Å². The quantitative estimate of drug-likeness (QED) is 0.831. The summed E-state index contributed by atoms with van der Waals surface area (Å²) < 4.78 is 0. The molecule has 2 unspecified atom stereocenters. The van der Waals surface area contributed by atoms with Gasteiger partial charge in [0.2, 0.25) is 0 Å². The molecule has 2 aliphatic carbocycles. The van der Waals surface area contributed by atoms with E-state index < -0.39 is 0 Å². The highest BCUT2D eigenvalue weighted by Crippen LogP contribution is 2.38. The highest BCUT2D eigenvalue weighted by molar-refractivity contribution is 5.44. The molecule has 1 aromatic rings. The van der Waals surface area contributed by atoms with E-state index in [0.717, 1.165) is 24.3 Å². The molecule has 2 N–H and O–H groups in total. The van der Waals surface area contributed by atoms with Crippen molar-refractivity contribution in [1.82, 2.24) is 5.32 Å². The number of benzene rings is 1. The van der Waals surface area contributed by atoms with Crippen molar-refractivity contribution < 1.29 is 5.11 Å². The predicted molar refractivity (Wildman–Crippen MR) is 73.7 cm³/mol. The molecule has 0 saturated heterocycles. The van der Waals surface area contributed by atoms with Crippen LogP contribution in [0.1, 0.15) is 56.2 Å². The Morgan fingerprint density at radius 2 is 2.17 bits per heavy atom. The Kier molecular flexibility index (Phi) is 3.29. The average Bonchev–Trinajstić information content (AvgIpc) is 3.09. The lowest BCUT2D eigenvalue weighted by Gasteiger charge is -2.22. The van der Waals surface area contributed by atoms with E-state index in [9.17, 15) is 5.11 Å². The van der Waals surface area contributed by atoms with E-state index in [-0.39, 0.29) is 0 Å². The van der Waals surface area contributed by atoms with Gasteiger partial charge in [0.1, 0.15) is 5.75 Å². The molecule has 0 aromatic heterocycles. The van der Waals surface area contributed by atoms with Gasteiger partial charge in [-0.25, -0.2) is 0 Å². The lowest BCUT2D eigenvalue weighted by atomic mass is 10.0. The maximum Gasteiger partial charge on any atom is 0.119 e. The van der Waals surface area contributed by atoms with Gasteiger partial charge < -0.3 is 10.4 Å². The Hall–Kier alpha value is -1.02. The number of aromatic hydroxyl groups is 1. The van der Waals surface area contributed by atoms with Gasteiger partial charge in [-0.3, -0.25) is 0 Å². The molecule has 0 radical (unpaired) electrons. The van der Waals surface area contributed by atoms with E-state index in [1.807, 2.05) is 12.1 Å². The molecule has 18 heavy (non-hydrogen) atoms. The van der Waals surface area contributed by atoms with Crippen molar-refractivity contribution >= 4 is 0 Å². The summed E-state index contributed by atoms with van der Waals surface area (Å²) in [7, 11) is 0. The Morgan fingerprint density at radius 3 is 2.89 bits per heavy atom. The zero-order valence-electron chi connectivity index (χ0n) is 11.2. The van der Waals surface area contributed by atoms with Gasteiger partial charge in [-0.2, -0.15) is 0 Å². The van der Waals surface area contributed by atoms with Crippen molar-refractivity contribution in [2.75, 3.05) is 0 Å². The van der Waals surface area contributed by atoms with Crippen molar-refractivity contribution in [3.63, 3.8) is 0 Å². The molecule has 2 aliphatic rings. The minimum absolute atomic E-state index is 0.454. The van der Waals surface area contributed by atoms with Crippen molar-refractivity contribution in [2.24, 2.45) is 5.92 Å². The van der Waals surface area contributed by atoms with Crippen LogP contribution in [0.25, 0.3) is 0 Å². The number of phenols is 1. The molecule has 1 saturated carbocycles. The third-order valence-corrected chi connectivity index (χ3v) is 4.49. The van der Waals surface area contributed by atoms with Gasteiger partial charge in [-0.1, -0.05) is 31.9 Å². The van der Waals surface area contributed by atoms with Gasteiger partial charge in [0, 0.05) is 12.1 Å². The second-order valence-corrected chi connectivity index (χ2v) is 5.89. The number of nitrogens with one attached hydrogen (secondary N) is 1. The van der Waals surface area contributed by atoms with Gasteiger partial charge in [0.05, 0.1) is 0 Å². The molecule has 1 fully saturated rings. The Labute approximate surface area is 109 Å². The maximum atomic E-state index is 9.87. The molecule has 0 amide bonds.